The zero-order valence-electron chi connectivity index (χ0n) is 22.4. The number of hydrogen-bond acceptors (Lipinski definition) is 9. The Hall–Kier alpha value is -4.87. The molecule has 0 bridgehead atoms. The molecule has 1 saturated heterocycles. The second-order valence-corrected chi connectivity index (χ2v) is 10.0. The Labute approximate surface area is 245 Å². The summed E-state index contributed by atoms with van der Waals surface area (Å²) in [6.45, 7) is 1.18. The van der Waals surface area contributed by atoms with Crippen LogP contribution in [0.15, 0.2) is 108 Å². The van der Waals surface area contributed by atoms with Crippen LogP contribution in [-0.2, 0) is 18.9 Å². The Kier molecular flexibility index (Phi) is 8.41. The highest BCUT2D eigenvalue weighted by molar-refractivity contribution is 7.71. The van der Waals surface area contributed by atoms with Crippen LogP contribution in [0.3, 0.4) is 0 Å². The molecule has 4 unspecified atom stereocenters. The molecule has 5 rings (SSSR count). The third kappa shape index (κ3) is 6.07. The first-order valence-electron chi connectivity index (χ1n) is 13.0. The van der Waals surface area contributed by atoms with Crippen molar-refractivity contribution in [3.8, 4) is 0 Å². The number of aromatic amines is 1. The Morgan fingerprint density at radius 1 is 0.833 bits per heavy atom. The molecule has 0 amide bonds. The van der Waals surface area contributed by atoms with Crippen molar-refractivity contribution in [2.45, 2.75) is 31.0 Å². The van der Waals surface area contributed by atoms with Crippen molar-refractivity contribution in [3.05, 3.63) is 135 Å². The quantitative estimate of drug-likeness (QED) is 0.180. The van der Waals surface area contributed by atoms with Crippen LogP contribution in [0.1, 0.15) is 44.2 Å². The fourth-order valence-electron chi connectivity index (χ4n) is 4.67. The van der Waals surface area contributed by atoms with Crippen LogP contribution >= 0.6 is 12.2 Å². The lowest BCUT2D eigenvalue weighted by Crippen LogP contribution is -2.50. The van der Waals surface area contributed by atoms with Gasteiger partial charge >= 0.3 is 17.9 Å². The fraction of sp³-hybridized carbons (Fsp3) is 0.194. The molecule has 1 fully saturated rings. The minimum atomic E-state index is -1.71. The predicted octanol–water partition coefficient (Wildman–Crippen LogP) is 4.50. The van der Waals surface area contributed by atoms with E-state index < -0.39 is 47.5 Å². The van der Waals surface area contributed by atoms with Crippen molar-refractivity contribution in [1.82, 2.24) is 9.55 Å². The van der Waals surface area contributed by atoms with Crippen molar-refractivity contribution >= 4 is 30.1 Å². The number of carbonyl (C=O) groups excluding carboxylic acids is 3. The number of rotatable bonds is 8. The molecule has 1 aromatic heterocycles. The molecule has 3 aromatic carbocycles. The van der Waals surface area contributed by atoms with Gasteiger partial charge in [-0.25, -0.2) is 14.4 Å². The van der Waals surface area contributed by atoms with Gasteiger partial charge in [-0.05, 0) is 55.5 Å². The summed E-state index contributed by atoms with van der Waals surface area (Å²) >= 11 is 5.39. The van der Waals surface area contributed by atoms with Crippen LogP contribution in [0.2, 0.25) is 0 Å². The number of esters is 3. The summed E-state index contributed by atoms with van der Waals surface area (Å²) in [4.78, 5) is 53.9. The maximum absolute atomic E-state index is 13.4. The lowest BCUT2D eigenvalue weighted by Gasteiger charge is -2.35. The number of carbonyl (C=O) groups is 3. The normalized spacial score (nSPS) is 21.3. The first kappa shape index (κ1) is 28.7. The number of benzene rings is 3. The highest BCUT2D eigenvalue weighted by Crippen LogP contribution is 2.44. The van der Waals surface area contributed by atoms with Gasteiger partial charge in [0.1, 0.15) is 12.7 Å². The van der Waals surface area contributed by atoms with Gasteiger partial charge in [-0.3, -0.25) is 14.3 Å². The molecule has 0 saturated carbocycles. The van der Waals surface area contributed by atoms with Crippen LogP contribution in [0.25, 0.3) is 0 Å². The molecule has 0 aliphatic carbocycles. The van der Waals surface area contributed by atoms with Gasteiger partial charge < -0.3 is 18.9 Å². The van der Waals surface area contributed by atoms with Gasteiger partial charge in [-0.15, -0.1) is 0 Å². The highest BCUT2D eigenvalue weighted by Gasteiger charge is 2.60. The average molecular weight is 587 g/mol. The topological polar surface area (TPSA) is 126 Å². The van der Waals surface area contributed by atoms with Crippen molar-refractivity contribution < 1.29 is 33.3 Å². The Bertz CT molecular complexity index is 1690. The second-order valence-electron chi connectivity index (χ2n) is 9.64. The molecule has 4 atom stereocenters. The molecular weight excluding hydrogens is 560 g/mol. The van der Waals surface area contributed by atoms with E-state index in [0.717, 1.165) is 0 Å². The molecule has 1 aliphatic heterocycles. The van der Waals surface area contributed by atoms with E-state index in [4.69, 9.17) is 31.2 Å². The summed E-state index contributed by atoms with van der Waals surface area (Å²) in [5, 5.41) is 0. The fourth-order valence-corrected chi connectivity index (χ4v) is 4.93. The zero-order valence-corrected chi connectivity index (χ0v) is 23.2. The number of H-pyrrole nitrogens is 1. The Morgan fingerprint density at radius 3 is 1.90 bits per heavy atom. The largest absolute Gasteiger partial charge is 0.459 e. The molecular formula is C31H26N2O8S. The van der Waals surface area contributed by atoms with E-state index in [9.17, 15) is 19.2 Å². The van der Waals surface area contributed by atoms with Gasteiger partial charge in [0.15, 0.2) is 22.7 Å². The minimum Gasteiger partial charge on any atom is -0.459 e. The molecule has 0 radical (unpaired) electrons. The van der Waals surface area contributed by atoms with Crippen molar-refractivity contribution in [2.24, 2.45) is 0 Å². The van der Waals surface area contributed by atoms with E-state index in [1.54, 1.807) is 91.0 Å². The van der Waals surface area contributed by atoms with Crippen LogP contribution in [0.5, 0.6) is 0 Å². The summed E-state index contributed by atoms with van der Waals surface area (Å²) in [5.74, 6) is -2.05. The van der Waals surface area contributed by atoms with E-state index in [2.05, 4.69) is 4.98 Å². The number of hydrogen-bond donors (Lipinski definition) is 1. The molecule has 4 aromatic rings. The van der Waals surface area contributed by atoms with Crippen molar-refractivity contribution in [2.75, 3.05) is 6.61 Å². The van der Waals surface area contributed by atoms with Gasteiger partial charge in [0.25, 0.3) is 5.56 Å². The van der Waals surface area contributed by atoms with Crippen LogP contribution in [0.4, 0.5) is 0 Å². The number of nitrogens with one attached hydrogen (secondary N) is 1. The van der Waals surface area contributed by atoms with Crippen LogP contribution < -0.4 is 5.56 Å². The van der Waals surface area contributed by atoms with E-state index in [-0.39, 0.29) is 22.5 Å². The summed E-state index contributed by atoms with van der Waals surface area (Å²) < 4.78 is 25.3. The van der Waals surface area contributed by atoms with Crippen molar-refractivity contribution in [3.63, 3.8) is 0 Å². The SMILES string of the molecule is CC1(OC(=O)c2ccccc2)C(OC(=O)c2ccccc2)C(COC(=O)c2ccccc2)OC1n1ccc(=O)[nH]c1=S. The standard InChI is InChI=1S/C31H26N2O8S/c1-31(41-28(37)22-15-9-4-10-16-22)25(40-27(36)21-13-7-3-8-14-21)23(19-38-26(35)20-11-5-2-6-12-20)39-29(31)33-18-17-24(34)32-30(33)42/h2-18,23,25,29H,19H2,1H3,(H,32,34,42). The van der Waals surface area contributed by atoms with Gasteiger partial charge in [0.2, 0.25) is 0 Å². The molecule has 214 valence electrons. The van der Waals surface area contributed by atoms with Crippen LogP contribution in [0, 0.1) is 4.77 Å². The lowest BCUT2D eigenvalue weighted by molar-refractivity contribution is -0.111. The molecule has 1 aliphatic rings. The van der Waals surface area contributed by atoms with Gasteiger partial charge in [0, 0.05) is 12.3 Å². The first-order chi connectivity index (χ1) is 20.3. The van der Waals surface area contributed by atoms with Crippen LogP contribution in [-0.4, -0.2) is 51.9 Å². The second kappa shape index (κ2) is 12.3. The average Bonchev–Trinajstić information content (AvgIpc) is 3.27. The Balaban J connectivity index is 1.54. The Morgan fingerprint density at radius 2 is 1.36 bits per heavy atom. The summed E-state index contributed by atoms with van der Waals surface area (Å²) in [7, 11) is 0. The van der Waals surface area contributed by atoms with E-state index in [0.29, 0.717) is 5.56 Å². The maximum atomic E-state index is 13.4. The molecule has 1 N–H and O–H groups in total. The minimum absolute atomic E-state index is 0.0236. The molecule has 10 nitrogen and oxygen atoms in total. The summed E-state index contributed by atoms with van der Waals surface area (Å²) in [6.07, 6.45) is -2.18. The predicted molar refractivity (Wildman–Crippen MR) is 152 cm³/mol. The van der Waals surface area contributed by atoms with Crippen molar-refractivity contribution in [1.29, 1.82) is 0 Å². The van der Waals surface area contributed by atoms with Gasteiger partial charge in [0.05, 0.1) is 16.7 Å². The summed E-state index contributed by atoms with van der Waals surface area (Å²) in [6, 6.07) is 26.1. The van der Waals surface area contributed by atoms with E-state index in [1.165, 1.54) is 23.8 Å². The number of aromatic nitrogens is 2. The monoisotopic (exact) mass is 586 g/mol. The highest BCUT2D eigenvalue weighted by atomic mass is 32.1. The van der Waals surface area contributed by atoms with E-state index >= 15 is 0 Å². The molecule has 42 heavy (non-hydrogen) atoms. The van der Waals surface area contributed by atoms with Gasteiger partial charge in [-0.1, -0.05) is 54.6 Å². The maximum Gasteiger partial charge on any atom is 0.338 e. The summed E-state index contributed by atoms with van der Waals surface area (Å²) in [5.41, 5.74) is -1.35. The lowest BCUT2D eigenvalue weighted by atomic mass is 9.95. The first-order valence-corrected chi connectivity index (χ1v) is 13.4. The molecule has 0 spiro atoms. The zero-order chi connectivity index (χ0) is 29.7. The third-order valence-corrected chi connectivity index (χ3v) is 7.07. The smallest absolute Gasteiger partial charge is 0.338 e. The molecule has 11 heteroatoms. The van der Waals surface area contributed by atoms with E-state index in [1.807, 2.05) is 0 Å². The van der Waals surface area contributed by atoms with Gasteiger partial charge in [-0.2, -0.15) is 0 Å². The third-order valence-electron chi connectivity index (χ3n) is 6.75. The number of ether oxygens (including phenoxy) is 4. The molecule has 2 heterocycles. The number of nitrogens with zero attached hydrogens (tertiary/aromatic N) is 1.